The smallest absolute Gasteiger partial charge is 0.329 e. The molecule has 0 radical (unpaired) electrons. The Kier molecular flexibility index (Phi) is 14.3. The fourth-order valence-corrected chi connectivity index (χ4v) is 12.3. The van der Waals surface area contributed by atoms with Crippen LogP contribution in [0.3, 0.4) is 0 Å². The van der Waals surface area contributed by atoms with Gasteiger partial charge >= 0.3 is 12.0 Å². The van der Waals surface area contributed by atoms with Gasteiger partial charge in [-0.2, -0.15) is 4.31 Å². The Balaban J connectivity index is 1.08. The number of methoxy groups -OCH3 is 1. The van der Waals surface area contributed by atoms with Crippen molar-refractivity contribution in [3.05, 3.63) is 59.5 Å². The molecule has 2 aromatic heterocycles. The summed E-state index contributed by atoms with van der Waals surface area (Å²) in [5, 5.41) is 25.9. The van der Waals surface area contributed by atoms with Crippen molar-refractivity contribution in [3.8, 4) is 22.9 Å². The average molecular weight is 973 g/mol. The molecule has 2 saturated heterocycles. The fraction of sp³-hybridized carbons (Fsp3) is 0.551. The molecule has 2 aromatic carbocycles. The van der Waals surface area contributed by atoms with Crippen LogP contribution in [-0.2, 0) is 30.8 Å². The number of carbonyl (C=O) groups is 4. The molecule has 3 aliphatic heterocycles. The van der Waals surface area contributed by atoms with Crippen molar-refractivity contribution in [3.63, 3.8) is 0 Å². The number of carboxylic acids is 1. The lowest BCUT2D eigenvalue weighted by Crippen LogP contribution is -2.59. The minimum Gasteiger partial charge on any atom is -0.497 e. The number of carboxylic acid groups (broad SMARTS) is 1. The highest BCUT2D eigenvalue weighted by Crippen LogP contribution is 2.48. The summed E-state index contributed by atoms with van der Waals surface area (Å²) in [5.41, 5.74) is 0.492. The maximum Gasteiger partial charge on any atom is 0.329 e. The van der Waals surface area contributed by atoms with Gasteiger partial charge in [-0.1, -0.05) is 71.1 Å². The van der Waals surface area contributed by atoms with Crippen molar-refractivity contribution in [2.75, 3.05) is 32.1 Å². The van der Waals surface area contributed by atoms with Crippen LogP contribution in [0.4, 0.5) is 9.93 Å². The number of amides is 4. The minimum absolute atomic E-state index is 0.0164. The van der Waals surface area contributed by atoms with Crippen LogP contribution in [0.2, 0.25) is 0 Å². The van der Waals surface area contributed by atoms with Gasteiger partial charge < -0.3 is 40.7 Å². The largest absolute Gasteiger partial charge is 0.497 e. The summed E-state index contributed by atoms with van der Waals surface area (Å²) in [6.45, 7) is 10.1. The Morgan fingerprint density at radius 1 is 1.01 bits per heavy atom. The molecule has 5 heterocycles. The summed E-state index contributed by atoms with van der Waals surface area (Å²) in [4.78, 5) is 67.9. The minimum atomic E-state index is -3.83. The third-order valence-electron chi connectivity index (χ3n) is 13.7. The fourth-order valence-electron chi connectivity index (χ4n) is 9.72. The van der Waals surface area contributed by atoms with Gasteiger partial charge in [-0.3, -0.25) is 9.59 Å². The first-order valence-corrected chi connectivity index (χ1v) is 26.1. The van der Waals surface area contributed by atoms with Crippen molar-refractivity contribution in [1.82, 2.24) is 35.1 Å². The van der Waals surface area contributed by atoms with Crippen molar-refractivity contribution < 1.29 is 42.2 Å². The molecule has 6 atom stereocenters. The number of carbonyl (C=O) groups excluding carboxylic acids is 3. The molecule has 5 N–H and O–H groups in total. The highest BCUT2D eigenvalue weighted by molar-refractivity contribution is 7.89. The predicted octanol–water partition coefficient (Wildman–Crippen LogP) is 6.57. The summed E-state index contributed by atoms with van der Waals surface area (Å²) < 4.78 is 41.3. The van der Waals surface area contributed by atoms with E-state index in [0.717, 1.165) is 36.4 Å². The Morgan fingerprint density at radius 2 is 1.76 bits per heavy atom. The number of fused-ring (bicyclic) bond motifs is 4. The second-order valence-electron chi connectivity index (χ2n) is 20.0. The van der Waals surface area contributed by atoms with E-state index in [-0.39, 0.29) is 49.3 Å². The molecule has 2 unspecified atom stereocenters. The van der Waals surface area contributed by atoms with E-state index in [9.17, 15) is 27.9 Å². The third-order valence-corrected chi connectivity index (χ3v) is 16.5. The number of aromatic nitrogens is 2. The van der Waals surface area contributed by atoms with Crippen molar-refractivity contribution in [2.45, 2.75) is 140 Å². The Labute approximate surface area is 402 Å². The summed E-state index contributed by atoms with van der Waals surface area (Å²) in [5.74, 6) is -1.39. The number of ether oxygens (including phenoxy) is 2. The number of benzene rings is 2. The van der Waals surface area contributed by atoms with E-state index < -0.39 is 69.0 Å². The van der Waals surface area contributed by atoms with E-state index in [1.165, 1.54) is 20.5 Å². The summed E-state index contributed by atoms with van der Waals surface area (Å²) in [6, 6.07) is 10.9. The summed E-state index contributed by atoms with van der Waals surface area (Å²) in [6.07, 6.45) is 5.03. The van der Waals surface area contributed by atoms with Crippen LogP contribution in [-0.4, -0.2) is 119 Å². The van der Waals surface area contributed by atoms with Crippen molar-refractivity contribution in [1.29, 1.82) is 0 Å². The van der Waals surface area contributed by atoms with E-state index in [1.54, 1.807) is 37.4 Å². The zero-order valence-electron chi connectivity index (χ0n) is 39.7. The van der Waals surface area contributed by atoms with Gasteiger partial charge in [-0.05, 0) is 74.6 Å². The van der Waals surface area contributed by atoms with Crippen LogP contribution in [0.15, 0.2) is 58.8 Å². The summed E-state index contributed by atoms with van der Waals surface area (Å²) in [7, 11) is -2.26. The van der Waals surface area contributed by atoms with Gasteiger partial charge in [0.15, 0.2) is 5.13 Å². The zero-order valence-corrected chi connectivity index (χ0v) is 41.3. The van der Waals surface area contributed by atoms with Crippen LogP contribution in [0.25, 0.3) is 22.3 Å². The number of hydrogen-bond acceptors (Lipinski definition) is 12. The van der Waals surface area contributed by atoms with Gasteiger partial charge in [0.1, 0.15) is 40.9 Å². The maximum absolute atomic E-state index is 15.1. The summed E-state index contributed by atoms with van der Waals surface area (Å²) >= 11 is 1.45. The number of aliphatic carboxylic acids is 1. The lowest BCUT2D eigenvalue weighted by molar-refractivity contribution is -0.145. The predicted molar refractivity (Wildman–Crippen MR) is 259 cm³/mol. The standard InChI is InChI=1S/C49H64N8O9S2/c1-29(2)50-47-53-38(28-67-47)37-24-40(34-19-18-32(65-6)22-36(34)51-37)66-33-23-39-43(58)55-49(45(60)61)25-31(49)15-10-8-7-9-11-16-35(44(59)57(39)26-33)52-46(62)54-42(48(3,4)5)27-56-21-20-30-14-12-13-17-41(30)68(56,63)64/h12-14,17-19,22,24,28-29,31,33,35,39,42H,7-11,15-16,20-21,23,25-27H2,1-6H3,(H,50,53)(H,55,58)(H,60,61)(H2,52,54,62)/t31?,33-,35+,39+,42?,49-/m1/s1. The molecule has 0 spiro atoms. The second-order valence-corrected chi connectivity index (χ2v) is 22.8. The zero-order chi connectivity index (χ0) is 48.5. The molecule has 3 fully saturated rings. The topological polar surface area (TPSA) is 221 Å². The number of pyridine rings is 1. The molecule has 4 aromatic rings. The van der Waals surface area contributed by atoms with Crippen LogP contribution < -0.4 is 30.7 Å². The number of hydrogen-bond donors (Lipinski definition) is 5. The molecular formula is C49H64N8O9S2. The molecule has 8 rings (SSSR count). The van der Waals surface area contributed by atoms with Gasteiger partial charge in [-0.25, -0.2) is 28.0 Å². The van der Waals surface area contributed by atoms with Crippen molar-refractivity contribution in [2.24, 2.45) is 11.3 Å². The highest BCUT2D eigenvalue weighted by Gasteiger charge is 2.62. The Bertz CT molecular complexity index is 2650. The number of anilines is 1. The first kappa shape index (κ1) is 48.9. The van der Waals surface area contributed by atoms with Gasteiger partial charge in [0.25, 0.3) is 0 Å². The molecule has 19 heteroatoms. The normalized spacial score (nSPS) is 24.9. The van der Waals surface area contributed by atoms with Gasteiger partial charge in [0, 0.05) is 54.5 Å². The molecule has 1 saturated carbocycles. The highest BCUT2D eigenvalue weighted by atomic mass is 32.2. The molecular weight excluding hydrogens is 909 g/mol. The first-order chi connectivity index (χ1) is 32.4. The number of sulfonamides is 1. The lowest BCUT2D eigenvalue weighted by Gasteiger charge is -2.37. The van der Waals surface area contributed by atoms with Crippen LogP contribution in [0.1, 0.15) is 98.0 Å². The van der Waals surface area contributed by atoms with E-state index in [0.29, 0.717) is 59.5 Å². The molecule has 17 nitrogen and oxygen atoms in total. The van der Waals surface area contributed by atoms with E-state index in [4.69, 9.17) is 19.4 Å². The Morgan fingerprint density at radius 3 is 2.50 bits per heavy atom. The molecule has 4 amide bonds. The molecule has 1 aliphatic carbocycles. The van der Waals surface area contributed by atoms with Crippen LogP contribution in [0, 0.1) is 11.3 Å². The quantitative estimate of drug-likeness (QED) is 0.108. The molecule has 68 heavy (non-hydrogen) atoms. The van der Waals surface area contributed by atoms with E-state index in [2.05, 4.69) is 21.3 Å². The monoisotopic (exact) mass is 972 g/mol. The van der Waals surface area contributed by atoms with Crippen LogP contribution in [0.5, 0.6) is 11.5 Å². The van der Waals surface area contributed by atoms with Crippen LogP contribution >= 0.6 is 11.3 Å². The molecule has 4 aliphatic rings. The number of rotatable bonds is 11. The average Bonchev–Trinajstić information content (AvgIpc) is 3.55. The lowest BCUT2D eigenvalue weighted by atomic mass is 9.86. The Hall–Kier alpha value is -5.53. The maximum atomic E-state index is 15.1. The first-order valence-electron chi connectivity index (χ1n) is 23.7. The molecule has 366 valence electrons. The van der Waals surface area contributed by atoms with Crippen molar-refractivity contribution >= 4 is 61.2 Å². The number of nitrogens with one attached hydrogen (secondary N) is 4. The number of nitrogens with zero attached hydrogens (tertiary/aromatic N) is 4. The second kappa shape index (κ2) is 19.8. The molecule has 0 bridgehead atoms. The van der Waals surface area contributed by atoms with E-state index >= 15 is 4.79 Å². The number of thiazole rings is 1. The van der Waals surface area contributed by atoms with E-state index in [1.807, 2.05) is 58.2 Å². The third kappa shape index (κ3) is 10.5. The van der Waals surface area contributed by atoms with Gasteiger partial charge in [-0.15, -0.1) is 11.3 Å². The van der Waals surface area contributed by atoms with Gasteiger partial charge in [0.05, 0.1) is 29.8 Å². The number of urea groups is 1. The SMILES string of the molecule is COc1ccc2c(O[C@@H]3C[C@H]4C(=O)N[C@]5(C(=O)O)CC5CCCCCCC[C@H](NC(=O)NC(CN5CCc6ccccc6S5(=O)=O)C(C)(C)C)C(=O)N4C3)cc(-c3csc(NC(C)C)n3)nc2c1. The van der Waals surface area contributed by atoms with Gasteiger partial charge in [0.2, 0.25) is 21.8 Å².